The van der Waals surface area contributed by atoms with E-state index in [1.807, 2.05) is 22.7 Å². The summed E-state index contributed by atoms with van der Waals surface area (Å²) in [7, 11) is 0. The Bertz CT molecular complexity index is 2800. The van der Waals surface area contributed by atoms with Gasteiger partial charge in [0.15, 0.2) is 0 Å². The topological polar surface area (TPSA) is 3.24 Å². The molecule has 0 radical (unpaired) electrons. The first kappa shape index (κ1) is 26.7. The van der Waals surface area contributed by atoms with Crippen LogP contribution in [0.4, 0.5) is 17.1 Å². The van der Waals surface area contributed by atoms with E-state index in [4.69, 9.17) is 0 Å². The van der Waals surface area contributed by atoms with Crippen molar-refractivity contribution in [2.24, 2.45) is 0 Å². The van der Waals surface area contributed by atoms with E-state index in [1.54, 1.807) is 0 Å². The molecule has 0 N–H and O–H groups in total. The Kier molecular flexibility index (Phi) is 5.98. The molecule has 10 rings (SSSR count). The highest BCUT2D eigenvalue weighted by atomic mass is 32.1. The standard InChI is InChI=1S/C44H27NS2/c1-2-11-31-26-42-38(25-30(31)10-1)36-24-23-33(27-43(36)47-42)45(39-16-8-18-41-44(39)37-14-5-6-17-40(37)46-41)32-21-19-29(20-22-32)35-15-7-12-28-9-3-4-13-34(28)35/h1-27H. The van der Waals surface area contributed by atoms with Crippen molar-refractivity contribution in [3.63, 3.8) is 0 Å². The quantitative estimate of drug-likeness (QED) is 0.186. The zero-order valence-corrected chi connectivity index (χ0v) is 27.0. The number of hydrogen-bond acceptors (Lipinski definition) is 3. The normalized spacial score (nSPS) is 11.8. The van der Waals surface area contributed by atoms with Crippen LogP contribution in [0.1, 0.15) is 0 Å². The van der Waals surface area contributed by atoms with Crippen LogP contribution in [0.2, 0.25) is 0 Å². The van der Waals surface area contributed by atoms with Gasteiger partial charge in [0.2, 0.25) is 0 Å². The van der Waals surface area contributed by atoms with Gasteiger partial charge in [0.25, 0.3) is 0 Å². The van der Waals surface area contributed by atoms with Gasteiger partial charge in [-0.05, 0) is 87.3 Å². The third-order valence-corrected chi connectivity index (χ3v) is 11.7. The lowest BCUT2D eigenvalue weighted by molar-refractivity contribution is 1.31. The predicted octanol–water partition coefficient (Wildman–Crippen LogP) is 13.9. The summed E-state index contributed by atoms with van der Waals surface area (Å²) < 4.78 is 5.24. The highest BCUT2D eigenvalue weighted by molar-refractivity contribution is 7.26. The zero-order chi connectivity index (χ0) is 30.9. The second-order valence-corrected chi connectivity index (χ2v) is 14.3. The van der Waals surface area contributed by atoms with E-state index < -0.39 is 0 Å². The molecule has 2 aromatic heterocycles. The number of benzene rings is 8. The maximum atomic E-state index is 2.45. The minimum Gasteiger partial charge on any atom is -0.310 e. The van der Waals surface area contributed by atoms with Gasteiger partial charge in [0.05, 0.1) is 5.69 Å². The van der Waals surface area contributed by atoms with E-state index in [2.05, 4.69) is 169 Å². The molecule has 0 spiro atoms. The molecule has 3 heteroatoms. The maximum absolute atomic E-state index is 2.45. The van der Waals surface area contributed by atoms with Gasteiger partial charge in [-0.3, -0.25) is 0 Å². The van der Waals surface area contributed by atoms with Crippen molar-refractivity contribution < 1.29 is 0 Å². The minimum absolute atomic E-state index is 1.14. The summed E-state index contributed by atoms with van der Waals surface area (Å²) in [6.07, 6.45) is 0. The molecular weight excluding hydrogens is 607 g/mol. The minimum atomic E-state index is 1.14. The summed E-state index contributed by atoms with van der Waals surface area (Å²) in [5, 5.41) is 10.3. The number of thiophene rings is 2. The Morgan fingerprint density at radius 2 is 1.00 bits per heavy atom. The number of nitrogens with zero attached hydrogens (tertiary/aromatic N) is 1. The van der Waals surface area contributed by atoms with Gasteiger partial charge in [-0.25, -0.2) is 0 Å². The first-order valence-corrected chi connectivity index (χ1v) is 17.6. The molecule has 0 unspecified atom stereocenters. The van der Waals surface area contributed by atoms with E-state index in [0.29, 0.717) is 0 Å². The molecule has 0 aliphatic carbocycles. The predicted molar refractivity (Wildman–Crippen MR) is 207 cm³/mol. The molecule has 2 heterocycles. The summed E-state index contributed by atoms with van der Waals surface area (Å²) >= 11 is 3.75. The van der Waals surface area contributed by atoms with Gasteiger partial charge in [-0.2, -0.15) is 0 Å². The fourth-order valence-corrected chi connectivity index (χ4v) is 9.52. The van der Waals surface area contributed by atoms with Crippen molar-refractivity contribution in [2.45, 2.75) is 0 Å². The van der Waals surface area contributed by atoms with E-state index in [-0.39, 0.29) is 0 Å². The molecule has 0 bridgehead atoms. The monoisotopic (exact) mass is 633 g/mol. The molecule has 47 heavy (non-hydrogen) atoms. The second kappa shape index (κ2) is 10.5. The first-order chi connectivity index (χ1) is 23.3. The van der Waals surface area contributed by atoms with Crippen LogP contribution in [0, 0.1) is 0 Å². The molecule has 0 saturated heterocycles. The van der Waals surface area contributed by atoms with Crippen LogP contribution < -0.4 is 4.90 Å². The molecule has 0 amide bonds. The molecule has 8 aromatic carbocycles. The van der Waals surface area contributed by atoms with Crippen LogP contribution in [-0.2, 0) is 0 Å². The Morgan fingerprint density at radius 1 is 0.362 bits per heavy atom. The van der Waals surface area contributed by atoms with E-state index in [9.17, 15) is 0 Å². The van der Waals surface area contributed by atoms with Gasteiger partial charge in [0, 0.05) is 51.7 Å². The molecule has 220 valence electrons. The van der Waals surface area contributed by atoms with Crippen LogP contribution >= 0.6 is 22.7 Å². The van der Waals surface area contributed by atoms with Gasteiger partial charge in [0.1, 0.15) is 0 Å². The summed E-state index contributed by atoms with van der Waals surface area (Å²) in [4.78, 5) is 2.45. The van der Waals surface area contributed by atoms with Gasteiger partial charge < -0.3 is 4.90 Å². The largest absolute Gasteiger partial charge is 0.310 e. The van der Waals surface area contributed by atoms with Gasteiger partial charge in [-0.15, -0.1) is 22.7 Å². The highest BCUT2D eigenvalue weighted by Gasteiger charge is 2.20. The fourth-order valence-electron chi connectivity index (χ4n) is 7.23. The molecule has 1 nitrogen and oxygen atoms in total. The van der Waals surface area contributed by atoms with Crippen LogP contribution in [0.5, 0.6) is 0 Å². The maximum Gasteiger partial charge on any atom is 0.0554 e. The molecule has 10 aromatic rings. The lowest BCUT2D eigenvalue weighted by Gasteiger charge is -2.27. The van der Waals surface area contributed by atoms with E-state index >= 15 is 0 Å². The molecule has 0 aliphatic rings. The molecule has 0 atom stereocenters. The summed E-state index contributed by atoms with van der Waals surface area (Å²) in [6, 6.07) is 60.2. The number of rotatable bonds is 4. The van der Waals surface area contributed by atoms with E-state index in [0.717, 1.165) is 11.4 Å². The van der Waals surface area contributed by atoms with Crippen molar-refractivity contribution in [1.29, 1.82) is 0 Å². The molecule has 0 fully saturated rings. The average Bonchev–Trinajstić information content (AvgIpc) is 3.68. The second-order valence-electron chi connectivity index (χ2n) is 12.1. The van der Waals surface area contributed by atoms with Crippen LogP contribution in [0.25, 0.3) is 73.0 Å². The molecule has 0 aliphatic heterocycles. The van der Waals surface area contributed by atoms with Crippen LogP contribution in [0.15, 0.2) is 164 Å². The third kappa shape index (κ3) is 4.28. The Morgan fingerprint density at radius 3 is 1.87 bits per heavy atom. The Labute approximate surface area is 280 Å². The zero-order valence-electron chi connectivity index (χ0n) is 25.4. The van der Waals surface area contributed by atoms with Crippen molar-refractivity contribution in [1.82, 2.24) is 0 Å². The Balaban J connectivity index is 1.19. The van der Waals surface area contributed by atoms with Crippen LogP contribution in [0.3, 0.4) is 0 Å². The number of hydrogen-bond donors (Lipinski definition) is 0. The SMILES string of the molecule is c1ccc2cc3c(cc2c1)sc1cc(N(c2ccc(-c4cccc5ccccc45)cc2)c2cccc4sc5ccccc5c24)ccc13. The fraction of sp³-hybridized carbons (Fsp3) is 0. The average molecular weight is 634 g/mol. The van der Waals surface area contributed by atoms with Crippen molar-refractivity contribution in [3.05, 3.63) is 164 Å². The lowest BCUT2D eigenvalue weighted by Crippen LogP contribution is -2.10. The molecule has 0 saturated carbocycles. The third-order valence-electron chi connectivity index (χ3n) is 9.43. The van der Waals surface area contributed by atoms with E-state index in [1.165, 1.54) is 78.7 Å². The highest BCUT2D eigenvalue weighted by Crippen LogP contribution is 2.47. The number of fused-ring (bicyclic) bond motifs is 8. The summed E-state index contributed by atoms with van der Waals surface area (Å²) in [6.45, 7) is 0. The van der Waals surface area contributed by atoms with Crippen molar-refractivity contribution in [2.75, 3.05) is 4.90 Å². The lowest BCUT2D eigenvalue weighted by atomic mass is 9.98. The smallest absolute Gasteiger partial charge is 0.0554 e. The molecular formula is C44H27NS2. The van der Waals surface area contributed by atoms with Gasteiger partial charge in [-0.1, -0.05) is 109 Å². The van der Waals surface area contributed by atoms with Gasteiger partial charge >= 0.3 is 0 Å². The van der Waals surface area contributed by atoms with Crippen molar-refractivity contribution in [3.8, 4) is 11.1 Å². The first-order valence-electron chi connectivity index (χ1n) is 15.9. The van der Waals surface area contributed by atoms with Crippen molar-refractivity contribution >= 4 is 102 Å². The van der Waals surface area contributed by atoms with Crippen LogP contribution in [-0.4, -0.2) is 0 Å². The summed E-state index contributed by atoms with van der Waals surface area (Å²) in [5.74, 6) is 0. The number of anilines is 3. The Hall–Kier alpha value is -5.48. The summed E-state index contributed by atoms with van der Waals surface area (Å²) in [5.41, 5.74) is 5.98.